The van der Waals surface area contributed by atoms with Crippen LogP contribution in [0.4, 0.5) is 0 Å². The summed E-state index contributed by atoms with van der Waals surface area (Å²) in [6.45, 7) is 0.468. The molecule has 0 aliphatic heterocycles. The van der Waals surface area contributed by atoms with Crippen molar-refractivity contribution < 1.29 is 9.90 Å². The molecule has 86 valence electrons. The van der Waals surface area contributed by atoms with Gasteiger partial charge in [-0.15, -0.1) is 0 Å². The Morgan fingerprint density at radius 3 is 2.50 bits per heavy atom. The van der Waals surface area contributed by atoms with Crippen molar-refractivity contribution >= 4 is 5.78 Å². The van der Waals surface area contributed by atoms with E-state index in [0.29, 0.717) is 18.2 Å². The van der Waals surface area contributed by atoms with Gasteiger partial charge in [-0.1, -0.05) is 6.42 Å². The summed E-state index contributed by atoms with van der Waals surface area (Å²) in [6.07, 6.45) is 3.70. The monoisotopic (exact) mass is 219 g/mol. The molecule has 3 nitrogen and oxygen atoms in total. The van der Waals surface area contributed by atoms with Crippen molar-refractivity contribution in [1.29, 1.82) is 0 Å². The number of Topliss-reactive ketones (excluding diaryl/α,β-unsaturated/α-hetero) is 1. The van der Waals surface area contributed by atoms with Crippen LogP contribution in [-0.4, -0.2) is 35.4 Å². The van der Waals surface area contributed by atoms with Crippen LogP contribution in [0.1, 0.15) is 29.6 Å². The van der Waals surface area contributed by atoms with Gasteiger partial charge in [0.25, 0.3) is 0 Å². The second-order valence-corrected chi connectivity index (χ2v) is 4.47. The van der Waals surface area contributed by atoms with Gasteiger partial charge >= 0.3 is 0 Å². The van der Waals surface area contributed by atoms with Crippen LogP contribution >= 0.6 is 0 Å². The molecular formula is C13H17NO2. The number of aromatic hydroxyl groups is 1. The maximum Gasteiger partial charge on any atom is 0.176 e. The number of nitrogens with zero attached hydrogens (tertiary/aromatic N) is 1. The van der Waals surface area contributed by atoms with Gasteiger partial charge < -0.3 is 5.11 Å². The highest BCUT2D eigenvalue weighted by molar-refractivity contribution is 5.97. The number of benzene rings is 1. The fraction of sp³-hybridized carbons (Fsp3) is 0.462. The van der Waals surface area contributed by atoms with Gasteiger partial charge in [-0.25, -0.2) is 0 Å². The summed E-state index contributed by atoms with van der Waals surface area (Å²) in [5.41, 5.74) is 0.670. The van der Waals surface area contributed by atoms with E-state index < -0.39 is 0 Å². The number of hydrogen-bond donors (Lipinski definition) is 1. The average molecular weight is 219 g/mol. The van der Waals surface area contributed by atoms with Gasteiger partial charge in [0.1, 0.15) is 5.75 Å². The molecule has 0 aromatic heterocycles. The van der Waals surface area contributed by atoms with E-state index in [4.69, 9.17) is 5.11 Å². The molecule has 1 N–H and O–H groups in total. The average Bonchev–Trinajstić information content (AvgIpc) is 2.15. The van der Waals surface area contributed by atoms with Gasteiger partial charge in [-0.05, 0) is 44.2 Å². The number of likely N-dealkylation sites (N-methyl/N-ethyl adjacent to an activating group) is 1. The molecule has 2 rings (SSSR count). The van der Waals surface area contributed by atoms with Crippen molar-refractivity contribution in [3.8, 4) is 5.75 Å². The van der Waals surface area contributed by atoms with E-state index >= 15 is 0 Å². The molecule has 1 aliphatic rings. The van der Waals surface area contributed by atoms with Gasteiger partial charge in [0.15, 0.2) is 5.78 Å². The maximum absolute atomic E-state index is 11.9. The maximum atomic E-state index is 11.9. The second kappa shape index (κ2) is 4.66. The highest BCUT2D eigenvalue weighted by Crippen LogP contribution is 2.23. The van der Waals surface area contributed by atoms with Crippen LogP contribution < -0.4 is 0 Å². The zero-order chi connectivity index (χ0) is 11.5. The molecule has 0 amide bonds. The zero-order valence-corrected chi connectivity index (χ0v) is 9.52. The van der Waals surface area contributed by atoms with Gasteiger partial charge in [0.2, 0.25) is 0 Å². The molecule has 3 heteroatoms. The first kappa shape index (κ1) is 11.1. The van der Waals surface area contributed by atoms with Crippen molar-refractivity contribution in [2.24, 2.45) is 0 Å². The Kier molecular flexibility index (Phi) is 3.25. The molecule has 0 radical (unpaired) electrons. The lowest BCUT2D eigenvalue weighted by atomic mass is 9.91. The molecule has 0 saturated heterocycles. The number of ketones is 1. The third kappa shape index (κ3) is 2.42. The molecule has 16 heavy (non-hydrogen) atoms. The summed E-state index contributed by atoms with van der Waals surface area (Å²) in [5.74, 6) is 0.318. The van der Waals surface area contributed by atoms with E-state index in [1.54, 1.807) is 24.3 Å². The Morgan fingerprint density at radius 2 is 2.00 bits per heavy atom. The lowest BCUT2D eigenvalue weighted by Crippen LogP contribution is -2.40. The van der Waals surface area contributed by atoms with Gasteiger partial charge in [0.05, 0.1) is 6.54 Å². The van der Waals surface area contributed by atoms with Crippen LogP contribution in [0.15, 0.2) is 24.3 Å². The summed E-state index contributed by atoms with van der Waals surface area (Å²) in [4.78, 5) is 14.0. The predicted octanol–water partition coefficient (Wildman–Crippen LogP) is 2.06. The van der Waals surface area contributed by atoms with E-state index in [2.05, 4.69) is 4.90 Å². The smallest absolute Gasteiger partial charge is 0.176 e. The number of carbonyl (C=O) groups is 1. The van der Waals surface area contributed by atoms with Crippen molar-refractivity contribution in [3.05, 3.63) is 29.8 Å². The van der Waals surface area contributed by atoms with Crippen LogP contribution in [0.5, 0.6) is 5.75 Å². The van der Waals surface area contributed by atoms with Crippen molar-refractivity contribution in [2.45, 2.75) is 25.3 Å². The first-order valence-corrected chi connectivity index (χ1v) is 5.69. The van der Waals surface area contributed by atoms with Crippen molar-refractivity contribution in [1.82, 2.24) is 4.90 Å². The summed E-state index contributed by atoms with van der Waals surface area (Å²) in [6, 6.07) is 7.03. The number of rotatable bonds is 4. The Morgan fingerprint density at radius 1 is 1.38 bits per heavy atom. The Balaban J connectivity index is 1.94. The third-order valence-electron chi connectivity index (χ3n) is 3.28. The van der Waals surface area contributed by atoms with Gasteiger partial charge in [-0.3, -0.25) is 9.69 Å². The van der Waals surface area contributed by atoms with Crippen molar-refractivity contribution in [3.63, 3.8) is 0 Å². The first-order valence-electron chi connectivity index (χ1n) is 5.69. The van der Waals surface area contributed by atoms with E-state index in [-0.39, 0.29) is 11.5 Å². The molecule has 0 spiro atoms. The van der Waals surface area contributed by atoms with Crippen LogP contribution in [0.25, 0.3) is 0 Å². The van der Waals surface area contributed by atoms with Gasteiger partial charge in [-0.2, -0.15) is 0 Å². The van der Waals surface area contributed by atoms with E-state index in [1.165, 1.54) is 19.3 Å². The van der Waals surface area contributed by atoms with Gasteiger partial charge in [0, 0.05) is 11.6 Å². The normalized spacial score (nSPS) is 16.1. The minimum absolute atomic E-state index is 0.120. The molecule has 1 fully saturated rings. The molecule has 0 atom stereocenters. The minimum atomic E-state index is 0.120. The summed E-state index contributed by atoms with van der Waals surface area (Å²) in [7, 11) is 2.00. The lowest BCUT2D eigenvalue weighted by Gasteiger charge is -2.34. The molecule has 0 heterocycles. The fourth-order valence-electron chi connectivity index (χ4n) is 1.92. The first-order chi connectivity index (χ1) is 7.66. The Labute approximate surface area is 95.7 Å². The number of phenols is 1. The van der Waals surface area contributed by atoms with E-state index in [9.17, 15) is 4.79 Å². The molecule has 1 aromatic rings. The molecular weight excluding hydrogens is 202 g/mol. The highest BCUT2D eigenvalue weighted by Gasteiger charge is 2.23. The highest BCUT2D eigenvalue weighted by atomic mass is 16.3. The molecule has 1 aliphatic carbocycles. The quantitative estimate of drug-likeness (QED) is 0.788. The topological polar surface area (TPSA) is 40.5 Å². The number of hydrogen-bond acceptors (Lipinski definition) is 3. The van der Waals surface area contributed by atoms with Crippen LogP contribution in [-0.2, 0) is 0 Å². The SMILES string of the molecule is CN(CC(=O)c1ccc(O)cc1)C1CCC1. The summed E-state index contributed by atoms with van der Waals surface area (Å²) >= 11 is 0. The Hall–Kier alpha value is -1.35. The standard InChI is InChI=1S/C13H17NO2/c1-14(11-3-2-4-11)9-13(16)10-5-7-12(15)8-6-10/h5-8,11,15H,2-4,9H2,1H3. The molecule has 0 bridgehead atoms. The predicted molar refractivity (Wildman–Crippen MR) is 62.7 cm³/mol. The van der Waals surface area contributed by atoms with Crippen LogP contribution in [0.2, 0.25) is 0 Å². The number of carbonyl (C=O) groups excluding carboxylic acids is 1. The minimum Gasteiger partial charge on any atom is -0.508 e. The van der Waals surface area contributed by atoms with Crippen molar-refractivity contribution in [2.75, 3.05) is 13.6 Å². The zero-order valence-electron chi connectivity index (χ0n) is 9.52. The van der Waals surface area contributed by atoms with E-state index in [0.717, 1.165) is 0 Å². The molecule has 1 aromatic carbocycles. The Bertz CT molecular complexity index is 368. The summed E-state index contributed by atoms with van der Waals surface area (Å²) in [5, 5.41) is 9.13. The largest absolute Gasteiger partial charge is 0.508 e. The van der Waals surface area contributed by atoms with E-state index in [1.807, 2.05) is 7.05 Å². The fourth-order valence-corrected chi connectivity index (χ4v) is 1.92. The second-order valence-electron chi connectivity index (χ2n) is 4.47. The summed E-state index contributed by atoms with van der Waals surface area (Å²) < 4.78 is 0. The molecule has 0 unspecified atom stereocenters. The molecule has 1 saturated carbocycles. The lowest BCUT2D eigenvalue weighted by molar-refractivity contribution is 0.0870. The number of phenolic OH excluding ortho intramolecular Hbond substituents is 1. The van der Waals surface area contributed by atoms with Crippen LogP contribution in [0, 0.1) is 0 Å². The van der Waals surface area contributed by atoms with Crippen LogP contribution in [0.3, 0.4) is 0 Å². The third-order valence-corrected chi connectivity index (χ3v) is 3.28.